The maximum absolute atomic E-state index is 15.0. The first-order chi connectivity index (χ1) is 18.2. The number of nitrogens with one attached hydrogen (secondary N) is 1. The number of rotatable bonds is 9. The third-order valence-electron chi connectivity index (χ3n) is 6.75. The molecule has 10 nitrogen and oxygen atoms in total. The van der Waals surface area contributed by atoms with Gasteiger partial charge < -0.3 is 25.6 Å². The highest BCUT2D eigenvalue weighted by molar-refractivity contribution is 5.98. The van der Waals surface area contributed by atoms with E-state index in [0.29, 0.717) is 49.7 Å². The van der Waals surface area contributed by atoms with E-state index in [0.717, 1.165) is 5.56 Å². The Labute approximate surface area is 220 Å². The molecule has 0 aliphatic carbocycles. The second kappa shape index (κ2) is 12.0. The number of nitrogens with two attached hydrogens (primary N) is 1. The van der Waals surface area contributed by atoms with Gasteiger partial charge >= 0.3 is 6.09 Å². The van der Waals surface area contributed by atoms with Gasteiger partial charge in [-0.25, -0.2) is 9.18 Å². The van der Waals surface area contributed by atoms with E-state index >= 15 is 4.39 Å². The summed E-state index contributed by atoms with van der Waals surface area (Å²) in [4.78, 5) is 53.3. The summed E-state index contributed by atoms with van der Waals surface area (Å²) in [6, 6.07) is 11.6. The molecule has 3 amide bonds. The fourth-order valence-electron chi connectivity index (χ4n) is 4.56. The first-order valence-corrected chi connectivity index (χ1v) is 12.6. The molecule has 2 aliphatic heterocycles. The summed E-state index contributed by atoms with van der Waals surface area (Å²) in [6.07, 6.45) is -0.852. The van der Waals surface area contributed by atoms with E-state index < -0.39 is 18.0 Å². The fourth-order valence-corrected chi connectivity index (χ4v) is 4.56. The highest BCUT2D eigenvalue weighted by Crippen LogP contribution is 2.28. The Bertz CT molecular complexity index is 1200. The first-order valence-electron chi connectivity index (χ1n) is 12.6. The van der Waals surface area contributed by atoms with Crippen LogP contribution in [0.5, 0.6) is 0 Å². The standard InChI is InChI=1S/C27H32FN5O5/c1-18(34)30-16-22-17-33(27(37)38-22)21-6-7-24(23(28)14-21)31-10-12-32(13-11-31)26(36)9-8-25(35)20-4-2-19(15-29)3-5-20/h2-7,14,22H,8-13,15-17,29H2,1H3,(H,30,34). The van der Waals surface area contributed by atoms with E-state index in [4.69, 9.17) is 10.5 Å². The van der Waals surface area contributed by atoms with Gasteiger partial charge in [0.1, 0.15) is 11.9 Å². The molecular formula is C27H32FN5O5. The summed E-state index contributed by atoms with van der Waals surface area (Å²) in [7, 11) is 0. The smallest absolute Gasteiger partial charge is 0.414 e. The lowest BCUT2D eigenvalue weighted by Gasteiger charge is -2.36. The van der Waals surface area contributed by atoms with Crippen LogP contribution < -0.4 is 20.9 Å². The van der Waals surface area contributed by atoms with Crippen LogP contribution in [-0.2, 0) is 20.9 Å². The minimum Gasteiger partial charge on any atom is -0.442 e. The van der Waals surface area contributed by atoms with Gasteiger partial charge in [-0.15, -0.1) is 0 Å². The molecule has 1 unspecified atom stereocenters. The van der Waals surface area contributed by atoms with Crippen LogP contribution in [0.3, 0.4) is 0 Å². The van der Waals surface area contributed by atoms with Crippen LogP contribution in [0.25, 0.3) is 0 Å². The molecule has 0 bridgehead atoms. The van der Waals surface area contributed by atoms with Crippen molar-refractivity contribution < 1.29 is 28.3 Å². The van der Waals surface area contributed by atoms with Gasteiger partial charge in [0.05, 0.1) is 24.5 Å². The van der Waals surface area contributed by atoms with Gasteiger partial charge in [0.25, 0.3) is 0 Å². The zero-order valence-electron chi connectivity index (χ0n) is 21.3. The normalized spacial score (nSPS) is 17.4. The highest BCUT2D eigenvalue weighted by atomic mass is 19.1. The number of hydrogen-bond acceptors (Lipinski definition) is 7. The number of carbonyl (C=O) groups is 4. The number of carbonyl (C=O) groups excluding carboxylic acids is 4. The zero-order chi connectivity index (χ0) is 27.2. The van der Waals surface area contributed by atoms with Crippen molar-refractivity contribution in [3.05, 3.63) is 59.4 Å². The lowest BCUT2D eigenvalue weighted by Crippen LogP contribution is -2.49. The quantitative estimate of drug-likeness (QED) is 0.480. The number of amides is 3. The number of ketones is 1. The molecule has 2 aromatic rings. The average molecular weight is 526 g/mol. The molecule has 202 valence electrons. The number of halogens is 1. The van der Waals surface area contributed by atoms with Crippen molar-refractivity contribution >= 4 is 35.1 Å². The number of piperazine rings is 1. The summed E-state index contributed by atoms with van der Waals surface area (Å²) in [5, 5.41) is 2.61. The maximum Gasteiger partial charge on any atom is 0.414 e. The Hall–Kier alpha value is -3.99. The number of cyclic esters (lactones) is 1. The van der Waals surface area contributed by atoms with Crippen molar-refractivity contribution in [2.75, 3.05) is 49.1 Å². The van der Waals surface area contributed by atoms with E-state index in [1.807, 2.05) is 17.0 Å². The SMILES string of the molecule is CC(=O)NCC1CN(c2ccc(N3CCN(C(=O)CCC(=O)c4ccc(CN)cc4)CC3)c(F)c2)C(=O)O1. The van der Waals surface area contributed by atoms with Gasteiger partial charge in [-0.2, -0.15) is 0 Å². The van der Waals surface area contributed by atoms with Crippen LogP contribution in [0.1, 0.15) is 35.7 Å². The van der Waals surface area contributed by atoms with Gasteiger partial charge in [0, 0.05) is 58.1 Å². The Morgan fingerprint density at radius 1 is 1.05 bits per heavy atom. The predicted octanol–water partition coefficient (Wildman–Crippen LogP) is 2.06. The molecule has 2 aliphatic rings. The van der Waals surface area contributed by atoms with Crippen molar-refractivity contribution in [1.29, 1.82) is 0 Å². The molecule has 2 saturated heterocycles. The molecular weight excluding hydrogens is 493 g/mol. The van der Waals surface area contributed by atoms with Crippen molar-refractivity contribution in [2.45, 2.75) is 32.4 Å². The third kappa shape index (κ3) is 6.46. The molecule has 11 heteroatoms. The molecule has 38 heavy (non-hydrogen) atoms. The van der Waals surface area contributed by atoms with Gasteiger partial charge in [0.15, 0.2) is 5.78 Å². The molecule has 1 atom stereocenters. The number of Topliss-reactive ketones (excluding diaryl/α,β-unsaturated/α-hetero) is 1. The maximum atomic E-state index is 15.0. The Morgan fingerprint density at radius 2 is 1.76 bits per heavy atom. The molecule has 3 N–H and O–H groups in total. The van der Waals surface area contributed by atoms with E-state index in [1.54, 1.807) is 29.2 Å². The van der Waals surface area contributed by atoms with Crippen molar-refractivity contribution in [2.24, 2.45) is 5.73 Å². The highest BCUT2D eigenvalue weighted by Gasteiger charge is 2.33. The van der Waals surface area contributed by atoms with E-state index in [2.05, 4.69) is 5.32 Å². The van der Waals surface area contributed by atoms with E-state index in [1.165, 1.54) is 17.9 Å². The van der Waals surface area contributed by atoms with Crippen LogP contribution in [-0.4, -0.2) is 74.0 Å². The van der Waals surface area contributed by atoms with E-state index in [-0.39, 0.29) is 43.5 Å². The molecule has 0 spiro atoms. The minimum absolute atomic E-state index is 0.0916. The van der Waals surface area contributed by atoms with Crippen molar-refractivity contribution in [3.8, 4) is 0 Å². The second-order valence-corrected chi connectivity index (χ2v) is 9.38. The Balaban J connectivity index is 1.27. The molecule has 0 radical (unpaired) electrons. The summed E-state index contributed by atoms with van der Waals surface area (Å²) in [6.45, 7) is 3.91. The monoisotopic (exact) mass is 525 g/mol. The van der Waals surface area contributed by atoms with Gasteiger partial charge in [-0.1, -0.05) is 24.3 Å². The zero-order valence-corrected chi connectivity index (χ0v) is 21.3. The van der Waals surface area contributed by atoms with E-state index in [9.17, 15) is 19.2 Å². The molecule has 0 aromatic heterocycles. The number of anilines is 2. The number of ether oxygens (including phenoxy) is 1. The van der Waals surface area contributed by atoms with Crippen LogP contribution >= 0.6 is 0 Å². The van der Waals surface area contributed by atoms with Gasteiger partial charge in [-0.3, -0.25) is 19.3 Å². The Kier molecular flexibility index (Phi) is 8.57. The first kappa shape index (κ1) is 27.1. The topological polar surface area (TPSA) is 125 Å². The average Bonchev–Trinajstić information content (AvgIpc) is 3.30. The second-order valence-electron chi connectivity index (χ2n) is 9.38. The summed E-state index contributed by atoms with van der Waals surface area (Å²) >= 11 is 0. The van der Waals surface area contributed by atoms with Crippen LogP contribution in [0.15, 0.2) is 42.5 Å². The summed E-state index contributed by atoms with van der Waals surface area (Å²) in [5.74, 6) is -0.898. The van der Waals surface area contributed by atoms with Gasteiger partial charge in [-0.05, 0) is 23.8 Å². The third-order valence-corrected chi connectivity index (χ3v) is 6.75. The molecule has 2 fully saturated rings. The number of benzene rings is 2. The molecule has 2 heterocycles. The summed E-state index contributed by atoms with van der Waals surface area (Å²) in [5.41, 5.74) is 7.84. The van der Waals surface area contributed by atoms with Crippen LogP contribution in [0.2, 0.25) is 0 Å². The number of nitrogens with zero attached hydrogens (tertiary/aromatic N) is 3. The predicted molar refractivity (Wildman–Crippen MR) is 139 cm³/mol. The summed E-state index contributed by atoms with van der Waals surface area (Å²) < 4.78 is 20.3. The van der Waals surface area contributed by atoms with Gasteiger partial charge in [0.2, 0.25) is 11.8 Å². The lowest BCUT2D eigenvalue weighted by molar-refractivity contribution is -0.131. The van der Waals surface area contributed by atoms with Crippen molar-refractivity contribution in [3.63, 3.8) is 0 Å². The van der Waals surface area contributed by atoms with Crippen LogP contribution in [0, 0.1) is 5.82 Å². The number of hydrogen-bond donors (Lipinski definition) is 2. The largest absolute Gasteiger partial charge is 0.442 e. The molecule has 2 aromatic carbocycles. The Morgan fingerprint density at radius 3 is 2.39 bits per heavy atom. The molecule has 4 rings (SSSR count). The molecule has 0 saturated carbocycles. The fraction of sp³-hybridized carbons (Fsp3) is 0.407. The minimum atomic E-state index is -0.592. The van der Waals surface area contributed by atoms with Crippen LogP contribution in [0.4, 0.5) is 20.6 Å². The van der Waals surface area contributed by atoms with Crippen molar-refractivity contribution in [1.82, 2.24) is 10.2 Å². The lowest BCUT2D eigenvalue weighted by atomic mass is 10.0.